The summed E-state index contributed by atoms with van der Waals surface area (Å²) >= 11 is 6.09. The molecule has 2 rings (SSSR count). The van der Waals surface area contributed by atoms with Gasteiger partial charge in [-0.05, 0) is 25.1 Å². The van der Waals surface area contributed by atoms with Gasteiger partial charge in [0.2, 0.25) is 0 Å². The second-order valence-electron chi connectivity index (χ2n) is 4.33. The van der Waals surface area contributed by atoms with Gasteiger partial charge in [-0.2, -0.15) is 0 Å². The molecule has 0 amide bonds. The van der Waals surface area contributed by atoms with Gasteiger partial charge >= 0.3 is 0 Å². The molecule has 0 fully saturated rings. The van der Waals surface area contributed by atoms with E-state index in [-0.39, 0.29) is 10.6 Å². The van der Waals surface area contributed by atoms with Crippen LogP contribution in [0.1, 0.15) is 6.42 Å². The summed E-state index contributed by atoms with van der Waals surface area (Å²) < 4.78 is 5.37. The van der Waals surface area contributed by atoms with E-state index in [4.69, 9.17) is 22.1 Å². The number of methoxy groups -OCH3 is 1. The third-order valence-corrected chi connectivity index (χ3v) is 3.34. The van der Waals surface area contributed by atoms with Crippen molar-refractivity contribution in [2.45, 2.75) is 6.42 Å². The molecule has 0 bridgehead atoms. The number of halogens is 1. The SMILES string of the molecule is COc1ccccc1N(CCCN)c1nc[nH]c(=O)c1Cl. The van der Waals surface area contributed by atoms with Gasteiger partial charge in [-0.3, -0.25) is 4.79 Å². The van der Waals surface area contributed by atoms with E-state index >= 15 is 0 Å². The fourth-order valence-corrected chi connectivity index (χ4v) is 2.21. The van der Waals surface area contributed by atoms with Gasteiger partial charge in [0.15, 0.2) is 5.82 Å². The Morgan fingerprint density at radius 3 is 2.90 bits per heavy atom. The molecule has 0 aliphatic heterocycles. The number of hydrogen-bond acceptors (Lipinski definition) is 5. The van der Waals surface area contributed by atoms with Crippen molar-refractivity contribution >= 4 is 23.1 Å². The van der Waals surface area contributed by atoms with Crippen LogP contribution in [0.15, 0.2) is 35.4 Å². The van der Waals surface area contributed by atoms with Crippen LogP contribution in [0.25, 0.3) is 0 Å². The third kappa shape index (κ3) is 3.34. The maximum absolute atomic E-state index is 11.7. The lowest BCUT2D eigenvalue weighted by atomic mass is 10.2. The molecular formula is C14H17ClN4O2. The van der Waals surface area contributed by atoms with Crippen LogP contribution >= 0.6 is 11.6 Å². The van der Waals surface area contributed by atoms with Crippen LogP contribution in [0.3, 0.4) is 0 Å². The van der Waals surface area contributed by atoms with Crippen molar-refractivity contribution in [1.82, 2.24) is 9.97 Å². The van der Waals surface area contributed by atoms with E-state index in [1.807, 2.05) is 29.2 Å². The van der Waals surface area contributed by atoms with Gasteiger partial charge in [0.1, 0.15) is 10.8 Å². The molecule has 1 aromatic heterocycles. The maximum atomic E-state index is 11.7. The Bertz CT molecular complexity index is 659. The highest BCUT2D eigenvalue weighted by Gasteiger charge is 2.18. The van der Waals surface area contributed by atoms with E-state index in [0.717, 1.165) is 12.1 Å². The average molecular weight is 309 g/mol. The van der Waals surface area contributed by atoms with Gasteiger partial charge in [0.25, 0.3) is 5.56 Å². The van der Waals surface area contributed by atoms with Crippen molar-refractivity contribution in [3.8, 4) is 5.75 Å². The van der Waals surface area contributed by atoms with Gasteiger partial charge in [-0.15, -0.1) is 0 Å². The monoisotopic (exact) mass is 308 g/mol. The Morgan fingerprint density at radius 2 is 2.19 bits per heavy atom. The third-order valence-electron chi connectivity index (χ3n) is 3.00. The Hall–Kier alpha value is -2.05. The first-order valence-corrected chi connectivity index (χ1v) is 6.90. The second kappa shape index (κ2) is 7.10. The van der Waals surface area contributed by atoms with Crippen LogP contribution in [-0.4, -0.2) is 30.2 Å². The van der Waals surface area contributed by atoms with E-state index in [2.05, 4.69) is 9.97 Å². The number of benzene rings is 1. The molecule has 2 aromatic rings. The molecule has 0 radical (unpaired) electrons. The number of rotatable bonds is 6. The van der Waals surface area contributed by atoms with Crippen LogP contribution < -0.4 is 20.9 Å². The number of nitrogens with zero attached hydrogens (tertiary/aromatic N) is 2. The van der Waals surface area contributed by atoms with Crippen molar-refractivity contribution in [2.24, 2.45) is 5.73 Å². The molecule has 0 saturated heterocycles. The minimum absolute atomic E-state index is 0.0421. The van der Waals surface area contributed by atoms with Crippen molar-refractivity contribution in [2.75, 3.05) is 25.1 Å². The fourth-order valence-electron chi connectivity index (χ4n) is 2.00. The summed E-state index contributed by atoms with van der Waals surface area (Å²) in [7, 11) is 1.59. The average Bonchev–Trinajstić information content (AvgIpc) is 2.52. The minimum Gasteiger partial charge on any atom is -0.495 e. The summed E-state index contributed by atoms with van der Waals surface area (Å²) in [4.78, 5) is 20.2. The molecular weight excluding hydrogens is 292 g/mol. The number of nitrogens with one attached hydrogen (secondary N) is 1. The normalized spacial score (nSPS) is 10.4. The smallest absolute Gasteiger partial charge is 0.271 e. The molecule has 0 aliphatic carbocycles. The summed E-state index contributed by atoms with van der Waals surface area (Å²) in [5.74, 6) is 1.06. The van der Waals surface area contributed by atoms with Gasteiger partial charge in [-0.25, -0.2) is 4.98 Å². The number of ether oxygens (including phenoxy) is 1. The number of anilines is 2. The largest absolute Gasteiger partial charge is 0.495 e. The summed E-state index contributed by atoms with van der Waals surface area (Å²) in [6.45, 7) is 1.10. The fraction of sp³-hybridized carbons (Fsp3) is 0.286. The van der Waals surface area contributed by atoms with E-state index in [0.29, 0.717) is 24.7 Å². The molecule has 1 heterocycles. The lowest BCUT2D eigenvalue weighted by Crippen LogP contribution is -2.25. The minimum atomic E-state index is -0.380. The highest BCUT2D eigenvalue weighted by atomic mass is 35.5. The first-order valence-electron chi connectivity index (χ1n) is 6.52. The van der Waals surface area contributed by atoms with Crippen LogP contribution in [-0.2, 0) is 0 Å². The van der Waals surface area contributed by atoms with Crippen LogP contribution in [0.2, 0.25) is 5.02 Å². The highest BCUT2D eigenvalue weighted by molar-refractivity contribution is 6.32. The molecule has 0 unspecified atom stereocenters. The molecule has 6 nitrogen and oxygen atoms in total. The molecule has 3 N–H and O–H groups in total. The Labute approximate surface area is 127 Å². The molecule has 7 heteroatoms. The number of H-pyrrole nitrogens is 1. The first-order chi connectivity index (χ1) is 10.2. The van der Waals surface area contributed by atoms with Gasteiger partial charge in [0.05, 0.1) is 19.1 Å². The van der Waals surface area contributed by atoms with Crippen molar-refractivity contribution in [3.63, 3.8) is 0 Å². The summed E-state index contributed by atoms with van der Waals surface area (Å²) in [5.41, 5.74) is 6.00. The van der Waals surface area contributed by atoms with E-state index < -0.39 is 0 Å². The van der Waals surface area contributed by atoms with Crippen LogP contribution in [0, 0.1) is 0 Å². The predicted octanol–water partition coefficient (Wildman–Crippen LogP) is 1.92. The molecule has 0 saturated carbocycles. The summed E-state index contributed by atoms with van der Waals surface area (Å²) in [6, 6.07) is 7.48. The zero-order valence-corrected chi connectivity index (χ0v) is 12.4. The van der Waals surface area contributed by atoms with Gasteiger partial charge < -0.3 is 20.4 Å². The van der Waals surface area contributed by atoms with Crippen molar-refractivity contribution in [3.05, 3.63) is 46.0 Å². The zero-order chi connectivity index (χ0) is 15.2. The molecule has 112 valence electrons. The first kappa shape index (κ1) is 15.3. The number of aromatic nitrogens is 2. The lowest BCUT2D eigenvalue weighted by Gasteiger charge is -2.25. The standard InChI is InChI=1S/C14H17ClN4O2/c1-21-11-6-3-2-5-10(11)19(8-4-7-16)13-12(15)14(20)18-9-17-13/h2-3,5-6,9H,4,7-8,16H2,1H3,(H,17,18,20). The van der Waals surface area contributed by atoms with Gasteiger partial charge in [0, 0.05) is 6.54 Å². The summed E-state index contributed by atoms with van der Waals surface area (Å²) in [5, 5.41) is 0.0421. The highest BCUT2D eigenvalue weighted by Crippen LogP contribution is 2.34. The quantitative estimate of drug-likeness (QED) is 0.851. The molecule has 0 atom stereocenters. The Balaban J connectivity index is 2.52. The molecule has 0 spiro atoms. The Kier molecular flexibility index (Phi) is 5.19. The van der Waals surface area contributed by atoms with Crippen molar-refractivity contribution < 1.29 is 4.74 Å². The number of nitrogens with two attached hydrogens (primary N) is 1. The van der Waals surface area contributed by atoms with Gasteiger partial charge in [-0.1, -0.05) is 23.7 Å². The lowest BCUT2D eigenvalue weighted by molar-refractivity contribution is 0.415. The second-order valence-corrected chi connectivity index (χ2v) is 4.71. The maximum Gasteiger partial charge on any atom is 0.271 e. The number of aromatic amines is 1. The van der Waals surface area contributed by atoms with Crippen LogP contribution in [0.5, 0.6) is 5.75 Å². The molecule has 0 aliphatic rings. The van der Waals surface area contributed by atoms with E-state index in [1.165, 1.54) is 6.33 Å². The number of para-hydroxylation sites is 2. The molecule has 21 heavy (non-hydrogen) atoms. The topological polar surface area (TPSA) is 84.2 Å². The van der Waals surface area contributed by atoms with Crippen molar-refractivity contribution in [1.29, 1.82) is 0 Å². The Morgan fingerprint density at radius 1 is 1.43 bits per heavy atom. The zero-order valence-electron chi connectivity index (χ0n) is 11.7. The number of hydrogen-bond donors (Lipinski definition) is 2. The summed E-state index contributed by atoms with van der Waals surface area (Å²) in [6.07, 6.45) is 2.05. The van der Waals surface area contributed by atoms with E-state index in [9.17, 15) is 4.79 Å². The van der Waals surface area contributed by atoms with Crippen LogP contribution in [0.4, 0.5) is 11.5 Å². The predicted molar refractivity (Wildman–Crippen MR) is 83.5 cm³/mol. The molecule has 1 aromatic carbocycles. The van der Waals surface area contributed by atoms with E-state index in [1.54, 1.807) is 7.11 Å².